The van der Waals surface area contributed by atoms with Crippen LogP contribution in [0.5, 0.6) is 0 Å². The molecule has 0 aromatic heterocycles. The first kappa shape index (κ1) is 12.8. The molecule has 1 aliphatic heterocycles. The molecule has 0 aromatic carbocycles. The van der Waals surface area contributed by atoms with Crippen LogP contribution in [0.4, 0.5) is 0 Å². The number of amides is 2. The van der Waals surface area contributed by atoms with E-state index in [0.29, 0.717) is 12.8 Å². The van der Waals surface area contributed by atoms with Gasteiger partial charge in [0.2, 0.25) is 11.8 Å². The molecule has 4 nitrogen and oxygen atoms in total. The van der Waals surface area contributed by atoms with Crippen molar-refractivity contribution < 1.29 is 14.5 Å². The number of fused-ring (bicyclic) bond motifs is 1. The summed E-state index contributed by atoms with van der Waals surface area (Å²) >= 11 is 0. The Labute approximate surface area is 108 Å². The van der Waals surface area contributed by atoms with Crippen LogP contribution in [0.15, 0.2) is 12.2 Å². The van der Waals surface area contributed by atoms with Gasteiger partial charge in [0, 0.05) is 0 Å². The molecule has 2 amide bonds. The van der Waals surface area contributed by atoms with Crippen molar-refractivity contribution in [3.8, 4) is 11.8 Å². The topological polar surface area (TPSA) is 41.8 Å². The van der Waals surface area contributed by atoms with Crippen molar-refractivity contribution in [1.82, 2.24) is 4.90 Å². The van der Waals surface area contributed by atoms with Gasteiger partial charge in [0.05, 0.1) is 32.5 Å². The molecule has 1 aliphatic carbocycles. The summed E-state index contributed by atoms with van der Waals surface area (Å²) in [5.74, 6) is 5.56. The third-order valence-electron chi connectivity index (χ3n) is 3.40. The molecule has 1 saturated heterocycles. The molecule has 1 fully saturated rings. The number of carbonyl (C=O) groups excluding carboxylic acids is 2. The molecule has 2 rings (SSSR count). The smallest absolute Gasteiger partial charge is 0.234 e. The van der Waals surface area contributed by atoms with Crippen molar-refractivity contribution in [2.24, 2.45) is 11.8 Å². The summed E-state index contributed by atoms with van der Waals surface area (Å²) in [6, 6.07) is 0. The van der Waals surface area contributed by atoms with E-state index in [1.54, 1.807) is 0 Å². The van der Waals surface area contributed by atoms with Crippen LogP contribution in [0.1, 0.15) is 12.8 Å². The van der Waals surface area contributed by atoms with Crippen LogP contribution in [0.3, 0.4) is 0 Å². The Bertz CT molecular complexity index is 416. The fraction of sp³-hybridized carbons (Fsp3) is 0.571. The third kappa shape index (κ3) is 2.46. The van der Waals surface area contributed by atoms with Crippen LogP contribution < -0.4 is 4.90 Å². The minimum Gasteiger partial charge on any atom is -0.330 e. The fourth-order valence-electron chi connectivity index (χ4n) is 2.40. The minimum atomic E-state index is -0.135. The number of hydrogen-bond donors (Lipinski definition) is 1. The number of rotatable bonds is 2. The summed E-state index contributed by atoms with van der Waals surface area (Å²) < 4.78 is 0. The van der Waals surface area contributed by atoms with Gasteiger partial charge in [0.25, 0.3) is 0 Å². The molecule has 4 heteroatoms. The van der Waals surface area contributed by atoms with E-state index in [1.165, 1.54) is 9.80 Å². The van der Waals surface area contributed by atoms with Crippen LogP contribution in [-0.4, -0.2) is 43.9 Å². The van der Waals surface area contributed by atoms with Crippen LogP contribution >= 0.6 is 0 Å². The Balaban J connectivity index is 1.99. The number of allylic oxidation sites excluding steroid dienone is 2. The summed E-state index contributed by atoms with van der Waals surface area (Å²) in [7, 11) is 4.03. The minimum absolute atomic E-state index is 0.0409. The van der Waals surface area contributed by atoms with Crippen LogP contribution in [0, 0.1) is 23.7 Å². The first-order chi connectivity index (χ1) is 8.61. The number of nitrogens with one attached hydrogen (secondary N) is 1. The van der Waals surface area contributed by atoms with Gasteiger partial charge in [-0.05, 0) is 18.8 Å². The van der Waals surface area contributed by atoms with Crippen molar-refractivity contribution >= 4 is 11.8 Å². The number of carbonyl (C=O) groups is 2. The monoisotopic (exact) mass is 247 g/mol. The number of quaternary nitrogens is 1. The van der Waals surface area contributed by atoms with E-state index in [2.05, 4.69) is 11.8 Å². The second kappa shape index (κ2) is 5.36. The van der Waals surface area contributed by atoms with Gasteiger partial charge in [-0.3, -0.25) is 14.5 Å². The number of hydrogen-bond acceptors (Lipinski definition) is 2. The molecule has 0 aromatic rings. The molecule has 1 heterocycles. The first-order valence-corrected chi connectivity index (χ1v) is 6.36. The fourth-order valence-corrected chi connectivity index (χ4v) is 2.40. The third-order valence-corrected chi connectivity index (χ3v) is 3.40. The summed E-state index contributed by atoms with van der Waals surface area (Å²) in [6.45, 7) is 0.975. The molecule has 2 atom stereocenters. The lowest BCUT2D eigenvalue weighted by atomic mass is 9.85. The van der Waals surface area contributed by atoms with E-state index in [4.69, 9.17) is 0 Å². The summed E-state index contributed by atoms with van der Waals surface area (Å²) in [5.41, 5.74) is 0. The maximum atomic E-state index is 12.1. The standard InChI is InChI=1S/C14H18N2O2/c1-15(2)9-5-6-10-16-13(17)11-7-3-4-8-12(11)14(16)18/h3-4,11-12H,7-10H2,1-2H3/p+1/t11-,12-/m0/s1. The molecule has 1 N–H and O–H groups in total. The molecule has 2 aliphatic rings. The van der Waals surface area contributed by atoms with Crippen molar-refractivity contribution in [1.29, 1.82) is 0 Å². The van der Waals surface area contributed by atoms with Gasteiger partial charge in [0.1, 0.15) is 6.54 Å². The maximum absolute atomic E-state index is 12.1. The van der Waals surface area contributed by atoms with Crippen molar-refractivity contribution in [2.75, 3.05) is 27.2 Å². The molecule has 18 heavy (non-hydrogen) atoms. The zero-order chi connectivity index (χ0) is 13.1. The lowest BCUT2D eigenvalue weighted by Crippen LogP contribution is -3.05. The SMILES string of the molecule is C[NH+](C)CC#CCN1C(=O)[C@H]2CC=CC[C@@H]2C1=O. The average molecular weight is 247 g/mol. The van der Waals surface area contributed by atoms with Crippen LogP contribution in [-0.2, 0) is 9.59 Å². The highest BCUT2D eigenvalue weighted by Gasteiger charge is 2.46. The molecular weight excluding hydrogens is 228 g/mol. The maximum Gasteiger partial charge on any atom is 0.234 e. The predicted molar refractivity (Wildman–Crippen MR) is 67.5 cm³/mol. The predicted octanol–water partition coefficient (Wildman–Crippen LogP) is -0.914. The Morgan fingerprint density at radius 3 is 2.22 bits per heavy atom. The van der Waals surface area contributed by atoms with Crippen molar-refractivity contribution in [3.05, 3.63) is 12.2 Å². The zero-order valence-corrected chi connectivity index (χ0v) is 10.9. The molecule has 0 bridgehead atoms. The van der Waals surface area contributed by atoms with E-state index >= 15 is 0 Å². The van der Waals surface area contributed by atoms with Gasteiger partial charge in [-0.1, -0.05) is 18.1 Å². The number of imide groups is 1. The molecule has 0 radical (unpaired) electrons. The summed E-state index contributed by atoms with van der Waals surface area (Å²) in [4.78, 5) is 26.7. The van der Waals surface area contributed by atoms with Gasteiger partial charge < -0.3 is 4.90 Å². The highest BCUT2D eigenvalue weighted by molar-refractivity contribution is 6.05. The molecular formula is C14H19N2O2+. The Hall–Kier alpha value is -1.60. The Morgan fingerprint density at radius 1 is 1.17 bits per heavy atom. The van der Waals surface area contributed by atoms with E-state index in [9.17, 15) is 9.59 Å². The summed E-state index contributed by atoms with van der Waals surface area (Å²) in [6.07, 6.45) is 5.38. The quantitative estimate of drug-likeness (QED) is 0.390. The van der Waals surface area contributed by atoms with Gasteiger partial charge in [-0.2, -0.15) is 0 Å². The summed E-state index contributed by atoms with van der Waals surface area (Å²) in [5, 5.41) is 0. The van der Waals surface area contributed by atoms with Crippen molar-refractivity contribution in [2.45, 2.75) is 12.8 Å². The largest absolute Gasteiger partial charge is 0.330 e. The highest BCUT2D eigenvalue weighted by Crippen LogP contribution is 2.34. The van der Waals surface area contributed by atoms with E-state index < -0.39 is 0 Å². The number of likely N-dealkylation sites (tertiary alicyclic amines) is 1. The van der Waals surface area contributed by atoms with Crippen LogP contribution in [0.25, 0.3) is 0 Å². The lowest BCUT2D eigenvalue weighted by Gasteiger charge is -2.14. The first-order valence-electron chi connectivity index (χ1n) is 6.36. The highest BCUT2D eigenvalue weighted by atomic mass is 16.2. The van der Waals surface area contributed by atoms with Gasteiger partial charge >= 0.3 is 0 Å². The van der Waals surface area contributed by atoms with Gasteiger partial charge in [-0.25, -0.2) is 0 Å². The second-order valence-corrected chi connectivity index (χ2v) is 5.16. The average Bonchev–Trinajstić information content (AvgIpc) is 2.59. The second-order valence-electron chi connectivity index (χ2n) is 5.16. The van der Waals surface area contributed by atoms with Gasteiger partial charge in [-0.15, -0.1) is 0 Å². The van der Waals surface area contributed by atoms with E-state index in [1.807, 2.05) is 26.2 Å². The Kier molecular flexibility index (Phi) is 3.83. The zero-order valence-electron chi connectivity index (χ0n) is 10.9. The lowest BCUT2D eigenvalue weighted by molar-refractivity contribution is -0.850. The van der Waals surface area contributed by atoms with E-state index in [0.717, 1.165) is 6.54 Å². The van der Waals surface area contributed by atoms with E-state index in [-0.39, 0.29) is 30.2 Å². The number of nitrogens with zero attached hydrogens (tertiary/aromatic N) is 1. The van der Waals surface area contributed by atoms with Crippen molar-refractivity contribution in [3.63, 3.8) is 0 Å². The normalized spacial score (nSPS) is 26.3. The molecule has 0 spiro atoms. The molecule has 96 valence electrons. The molecule has 0 unspecified atom stereocenters. The Morgan fingerprint density at radius 2 is 1.72 bits per heavy atom. The van der Waals surface area contributed by atoms with Gasteiger partial charge in [0.15, 0.2) is 0 Å². The van der Waals surface area contributed by atoms with Crippen LogP contribution in [0.2, 0.25) is 0 Å². The molecule has 0 saturated carbocycles.